The van der Waals surface area contributed by atoms with Crippen LogP contribution in [0.3, 0.4) is 0 Å². The minimum atomic E-state index is 0.711. The summed E-state index contributed by atoms with van der Waals surface area (Å²) in [4.78, 5) is 2.66. The first-order valence-corrected chi connectivity index (χ1v) is 6.74. The Hall–Kier alpha value is -0.590. The Morgan fingerprint density at radius 2 is 2.19 bits per heavy atom. The summed E-state index contributed by atoms with van der Waals surface area (Å²) in [6.07, 6.45) is 8.38. The van der Waals surface area contributed by atoms with Crippen molar-refractivity contribution in [1.29, 1.82) is 5.26 Å². The fourth-order valence-electron chi connectivity index (χ4n) is 3.05. The summed E-state index contributed by atoms with van der Waals surface area (Å²) >= 11 is 0. The van der Waals surface area contributed by atoms with Gasteiger partial charge in [-0.2, -0.15) is 5.26 Å². The second-order valence-electron chi connectivity index (χ2n) is 5.12. The number of unbranched alkanes of at least 4 members (excludes halogenated alkanes) is 2. The molecule has 0 radical (unpaired) electrons. The van der Waals surface area contributed by atoms with Gasteiger partial charge in [0.15, 0.2) is 0 Å². The Kier molecular flexibility index (Phi) is 4.62. The molecule has 0 bridgehead atoms. The highest BCUT2D eigenvalue weighted by Crippen LogP contribution is 2.26. The second-order valence-corrected chi connectivity index (χ2v) is 5.12. The monoisotopic (exact) mass is 221 g/mol. The van der Waals surface area contributed by atoms with Crippen LogP contribution in [0.25, 0.3) is 0 Å². The van der Waals surface area contributed by atoms with E-state index >= 15 is 0 Å². The summed E-state index contributed by atoms with van der Waals surface area (Å²) < 4.78 is 0. The molecule has 2 saturated heterocycles. The van der Waals surface area contributed by atoms with Gasteiger partial charge in [0.05, 0.1) is 6.07 Å². The van der Waals surface area contributed by atoms with E-state index in [0.29, 0.717) is 6.42 Å². The Morgan fingerprint density at radius 3 is 3.06 bits per heavy atom. The predicted octanol–water partition coefficient (Wildman–Crippen LogP) is 1.90. The molecule has 0 spiro atoms. The number of hydrogen-bond donors (Lipinski definition) is 1. The zero-order valence-corrected chi connectivity index (χ0v) is 10.1. The molecule has 2 rings (SSSR count). The van der Waals surface area contributed by atoms with E-state index in [1.54, 1.807) is 0 Å². The van der Waals surface area contributed by atoms with Crippen molar-refractivity contribution >= 4 is 0 Å². The largest absolute Gasteiger partial charge is 0.314 e. The number of nitrogens with zero attached hydrogens (tertiary/aromatic N) is 2. The third kappa shape index (κ3) is 3.20. The summed E-state index contributed by atoms with van der Waals surface area (Å²) in [6.45, 7) is 3.72. The molecule has 0 amide bonds. The Balaban J connectivity index is 1.58. The molecule has 2 aliphatic heterocycles. The van der Waals surface area contributed by atoms with Crippen molar-refractivity contribution < 1.29 is 0 Å². The van der Waals surface area contributed by atoms with Crippen LogP contribution in [0.2, 0.25) is 0 Å². The molecule has 2 heterocycles. The molecule has 16 heavy (non-hydrogen) atoms. The zero-order chi connectivity index (χ0) is 11.2. The smallest absolute Gasteiger partial charge is 0.0621 e. The first-order chi connectivity index (χ1) is 7.90. The standard InChI is InChI=1S/C13H23N3/c14-7-2-1-3-8-15-12-6-10-16-9-4-5-13(16)11-12/h12-13,15H,1-6,8-11H2. The van der Waals surface area contributed by atoms with Gasteiger partial charge in [-0.05, 0) is 58.2 Å². The molecule has 1 N–H and O–H groups in total. The van der Waals surface area contributed by atoms with Gasteiger partial charge in [0.2, 0.25) is 0 Å². The van der Waals surface area contributed by atoms with E-state index in [0.717, 1.165) is 31.5 Å². The van der Waals surface area contributed by atoms with Gasteiger partial charge in [0.25, 0.3) is 0 Å². The van der Waals surface area contributed by atoms with E-state index in [2.05, 4.69) is 16.3 Å². The molecule has 0 aromatic carbocycles. The highest BCUT2D eigenvalue weighted by molar-refractivity contribution is 4.89. The average Bonchev–Trinajstić information content (AvgIpc) is 2.76. The lowest BCUT2D eigenvalue weighted by Gasteiger charge is -2.35. The van der Waals surface area contributed by atoms with Crippen LogP contribution in [0.1, 0.15) is 44.9 Å². The summed E-state index contributed by atoms with van der Waals surface area (Å²) in [5, 5.41) is 12.1. The third-order valence-corrected chi connectivity index (χ3v) is 3.97. The van der Waals surface area contributed by atoms with Crippen LogP contribution < -0.4 is 5.32 Å². The highest BCUT2D eigenvalue weighted by Gasteiger charge is 2.31. The lowest BCUT2D eigenvalue weighted by Crippen LogP contribution is -2.45. The van der Waals surface area contributed by atoms with Crippen LogP contribution in [-0.2, 0) is 0 Å². The molecule has 90 valence electrons. The molecule has 3 heteroatoms. The Labute approximate surface area is 98.8 Å². The molecule has 0 aromatic rings. The number of piperidine rings is 1. The lowest BCUT2D eigenvalue weighted by molar-refractivity contribution is 0.167. The van der Waals surface area contributed by atoms with Gasteiger partial charge in [0, 0.05) is 18.5 Å². The maximum Gasteiger partial charge on any atom is 0.0621 e. The molecule has 2 aliphatic rings. The van der Waals surface area contributed by atoms with Crippen LogP contribution in [0.15, 0.2) is 0 Å². The van der Waals surface area contributed by atoms with E-state index in [-0.39, 0.29) is 0 Å². The van der Waals surface area contributed by atoms with Gasteiger partial charge in [0.1, 0.15) is 0 Å². The number of nitriles is 1. The van der Waals surface area contributed by atoms with Crippen molar-refractivity contribution in [2.45, 2.75) is 57.0 Å². The number of hydrogen-bond acceptors (Lipinski definition) is 3. The van der Waals surface area contributed by atoms with Crippen molar-refractivity contribution in [3.8, 4) is 6.07 Å². The lowest BCUT2D eigenvalue weighted by atomic mass is 9.97. The number of fused-ring (bicyclic) bond motifs is 1. The van der Waals surface area contributed by atoms with Crippen LogP contribution in [0.5, 0.6) is 0 Å². The summed E-state index contributed by atoms with van der Waals surface area (Å²) in [6, 6.07) is 3.81. The van der Waals surface area contributed by atoms with Gasteiger partial charge in [-0.1, -0.05) is 0 Å². The average molecular weight is 221 g/mol. The van der Waals surface area contributed by atoms with Crippen LogP contribution in [-0.4, -0.2) is 36.6 Å². The molecule has 0 aliphatic carbocycles. The third-order valence-electron chi connectivity index (χ3n) is 3.97. The van der Waals surface area contributed by atoms with Crippen LogP contribution in [0, 0.1) is 11.3 Å². The van der Waals surface area contributed by atoms with Crippen molar-refractivity contribution in [2.75, 3.05) is 19.6 Å². The molecular weight excluding hydrogens is 198 g/mol. The normalized spacial score (nSPS) is 29.9. The Morgan fingerprint density at radius 1 is 1.25 bits per heavy atom. The van der Waals surface area contributed by atoms with Crippen molar-refractivity contribution in [3.05, 3.63) is 0 Å². The molecule has 0 aromatic heterocycles. The van der Waals surface area contributed by atoms with Gasteiger partial charge in [-0.15, -0.1) is 0 Å². The molecule has 2 unspecified atom stereocenters. The fourth-order valence-corrected chi connectivity index (χ4v) is 3.05. The van der Waals surface area contributed by atoms with E-state index in [1.165, 1.54) is 38.8 Å². The van der Waals surface area contributed by atoms with E-state index in [1.807, 2.05) is 0 Å². The molecular formula is C13H23N3. The minimum Gasteiger partial charge on any atom is -0.314 e. The number of rotatable bonds is 5. The van der Waals surface area contributed by atoms with E-state index < -0.39 is 0 Å². The first-order valence-electron chi connectivity index (χ1n) is 6.74. The quantitative estimate of drug-likeness (QED) is 0.721. The van der Waals surface area contributed by atoms with Gasteiger partial charge in [-0.3, -0.25) is 0 Å². The fraction of sp³-hybridized carbons (Fsp3) is 0.923. The predicted molar refractivity (Wildman–Crippen MR) is 65.1 cm³/mol. The summed E-state index contributed by atoms with van der Waals surface area (Å²) in [5.41, 5.74) is 0. The molecule has 0 saturated carbocycles. The van der Waals surface area contributed by atoms with Crippen LogP contribution in [0.4, 0.5) is 0 Å². The topological polar surface area (TPSA) is 39.1 Å². The van der Waals surface area contributed by atoms with Crippen LogP contribution >= 0.6 is 0 Å². The van der Waals surface area contributed by atoms with Crippen molar-refractivity contribution in [1.82, 2.24) is 10.2 Å². The van der Waals surface area contributed by atoms with Crippen molar-refractivity contribution in [3.63, 3.8) is 0 Å². The second kappa shape index (κ2) is 6.22. The maximum atomic E-state index is 8.44. The summed E-state index contributed by atoms with van der Waals surface area (Å²) in [7, 11) is 0. The minimum absolute atomic E-state index is 0.711. The first kappa shape index (κ1) is 11.9. The Bertz CT molecular complexity index is 246. The van der Waals surface area contributed by atoms with Crippen molar-refractivity contribution in [2.24, 2.45) is 0 Å². The van der Waals surface area contributed by atoms with Gasteiger partial charge >= 0.3 is 0 Å². The van der Waals surface area contributed by atoms with Gasteiger partial charge in [-0.25, -0.2) is 0 Å². The highest BCUT2D eigenvalue weighted by atomic mass is 15.2. The summed E-state index contributed by atoms with van der Waals surface area (Å²) in [5.74, 6) is 0. The molecule has 3 nitrogen and oxygen atoms in total. The van der Waals surface area contributed by atoms with E-state index in [9.17, 15) is 0 Å². The van der Waals surface area contributed by atoms with E-state index in [4.69, 9.17) is 5.26 Å². The maximum absolute atomic E-state index is 8.44. The molecule has 2 atom stereocenters. The SMILES string of the molecule is N#CCCCCNC1CCN2CCCC2C1. The van der Waals surface area contributed by atoms with Gasteiger partial charge < -0.3 is 10.2 Å². The number of nitrogens with one attached hydrogen (secondary N) is 1. The molecule has 2 fully saturated rings. The zero-order valence-electron chi connectivity index (χ0n) is 10.1.